The number of aromatic amines is 1. The van der Waals surface area contributed by atoms with Gasteiger partial charge in [-0.25, -0.2) is 4.68 Å². The van der Waals surface area contributed by atoms with Crippen molar-refractivity contribution in [3.05, 3.63) is 77.7 Å². The molecule has 5 rings (SSSR count). The molecule has 0 fully saturated rings. The third kappa shape index (κ3) is 2.85. The maximum absolute atomic E-state index is 13.3. The van der Waals surface area contributed by atoms with E-state index in [0.29, 0.717) is 0 Å². The van der Waals surface area contributed by atoms with Gasteiger partial charge in [0.05, 0.1) is 6.04 Å². The Morgan fingerprint density at radius 1 is 1.14 bits per heavy atom. The molecule has 2 heterocycles. The smallest absolute Gasteiger partial charge is 0.250 e. The number of H-pyrrole nitrogens is 1. The van der Waals surface area contributed by atoms with Crippen LogP contribution in [0.15, 0.2) is 60.9 Å². The first-order valence-corrected chi connectivity index (χ1v) is 9.48. The van der Waals surface area contributed by atoms with Crippen LogP contribution in [0.1, 0.15) is 41.7 Å². The third-order valence-corrected chi connectivity index (χ3v) is 5.42. The van der Waals surface area contributed by atoms with Crippen LogP contribution in [-0.4, -0.2) is 31.1 Å². The van der Waals surface area contributed by atoms with Gasteiger partial charge in [0.1, 0.15) is 6.33 Å². The van der Waals surface area contributed by atoms with Crippen LogP contribution in [-0.2, 0) is 11.2 Å². The van der Waals surface area contributed by atoms with E-state index in [-0.39, 0.29) is 11.9 Å². The molecular formula is C21H20N6O. The number of tetrazole rings is 1. The highest BCUT2D eigenvalue weighted by atomic mass is 16.2. The van der Waals surface area contributed by atoms with E-state index >= 15 is 0 Å². The molecule has 0 radical (unpaired) electrons. The first kappa shape index (κ1) is 16.7. The summed E-state index contributed by atoms with van der Waals surface area (Å²) in [5.41, 5.74) is 4.39. The van der Waals surface area contributed by atoms with Crippen molar-refractivity contribution >= 4 is 16.8 Å². The summed E-state index contributed by atoms with van der Waals surface area (Å²) in [5.74, 6) is -0.116. The maximum atomic E-state index is 13.3. The second-order valence-corrected chi connectivity index (χ2v) is 7.12. The molecule has 0 saturated carbocycles. The number of hydrogen-bond donors (Lipinski definition) is 2. The van der Waals surface area contributed by atoms with Crippen molar-refractivity contribution in [1.82, 2.24) is 30.5 Å². The Hall–Kier alpha value is -3.48. The predicted octanol–water partition coefficient (Wildman–Crippen LogP) is 2.94. The summed E-state index contributed by atoms with van der Waals surface area (Å²) in [6.45, 7) is 0. The molecule has 2 aromatic carbocycles. The normalized spacial score (nSPS) is 17.2. The molecule has 0 aliphatic heterocycles. The second-order valence-electron chi connectivity index (χ2n) is 7.12. The molecule has 0 bridgehead atoms. The van der Waals surface area contributed by atoms with Gasteiger partial charge in [0, 0.05) is 16.6 Å². The molecule has 2 aromatic heterocycles. The number of carbonyl (C=O) groups is 1. The number of nitrogens with zero attached hydrogens (tertiary/aromatic N) is 4. The molecule has 0 saturated heterocycles. The van der Waals surface area contributed by atoms with E-state index in [9.17, 15) is 4.79 Å². The quantitative estimate of drug-likeness (QED) is 0.576. The van der Waals surface area contributed by atoms with Gasteiger partial charge < -0.3 is 10.3 Å². The minimum absolute atomic E-state index is 0.0497. The van der Waals surface area contributed by atoms with Crippen molar-refractivity contribution in [3.63, 3.8) is 0 Å². The molecule has 1 aliphatic rings. The predicted molar refractivity (Wildman–Crippen MR) is 105 cm³/mol. The van der Waals surface area contributed by atoms with Crippen molar-refractivity contribution in [2.75, 3.05) is 0 Å². The third-order valence-electron chi connectivity index (χ3n) is 5.42. The highest BCUT2D eigenvalue weighted by Gasteiger charge is 2.30. The zero-order chi connectivity index (χ0) is 18.9. The van der Waals surface area contributed by atoms with Crippen molar-refractivity contribution in [3.8, 4) is 0 Å². The van der Waals surface area contributed by atoms with Crippen molar-refractivity contribution in [2.45, 2.75) is 31.3 Å². The highest BCUT2D eigenvalue weighted by molar-refractivity contribution is 5.87. The fourth-order valence-electron chi connectivity index (χ4n) is 4.16. The number of fused-ring (bicyclic) bond motifs is 3. The van der Waals surface area contributed by atoms with Gasteiger partial charge in [0.15, 0.2) is 6.04 Å². The number of benzene rings is 2. The molecule has 2 atom stereocenters. The number of aromatic nitrogens is 5. The largest absolute Gasteiger partial charge is 0.356 e. The fourth-order valence-corrected chi connectivity index (χ4v) is 4.16. The minimum atomic E-state index is -0.606. The van der Waals surface area contributed by atoms with Crippen molar-refractivity contribution < 1.29 is 4.79 Å². The summed E-state index contributed by atoms with van der Waals surface area (Å²) >= 11 is 0. The van der Waals surface area contributed by atoms with Crippen LogP contribution in [0.25, 0.3) is 10.9 Å². The lowest BCUT2D eigenvalue weighted by Gasteiger charge is -2.26. The van der Waals surface area contributed by atoms with E-state index in [2.05, 4.69) is 44.0 Å². The summed E-state index contributed by atoms with van der Waals surface area (Å²) in [5, 5.41) is 15.9. The van der Waals surface area contributed by atoms with Gasteiger partial charge >= 0.3 is 0 Å². The van der Waals surface area contributed by atoms with E-state index in [1.807, 2.05) is 36.4 Å². The summed E-state index contributed by atoms with van der Waals surface area (Å²) in [4.78, 5) is 16.8. The average molecular weight is 372 g/mol. The van der Waals surface area contributed by atoms with Gasteiger partial charge in [-0.3, -0.25) is 4.79 Å². The SMILES string of the molecule is O=C(N[C@@H]1CCCc2c1[nH]c1ccccc21)[C@H](c1ccccc1)n1cnnn1. The van der Waals surface area contributed by atoms with Crippen LogP contribution in [0.3, 0.4) is 0 Å². The Morgan fingerprint density at radius 2 is 1.96 bits per heavy atom. The summed E-state index contributed by atoms with van der Waals surface area (Å²) < 4.78 is 1.50. The number of carbonyl (C=O) groups excluding carboxylic acids is 1. The van der Waals surface area contributed by atoms with Crippen LogP contribution in [0.2, 0.25) is 0 Å². The van der Waals surface area contributed by atoms with E-state index in [1.54, 1.807) is 0 Å². The Bertz CT molecular complexity index is 1100. The van der Waals surface area contributed by atoms with E-state index < -0.39 is 6.04 Å². The van der Waals surface area contributed by atoms with Crippen LogP contribution in [0.5, 0.6) is 0 Å². The van der Waals surface area contributed by atoms with E-state index in [0.717, 1.165) is 36.0 Å². The van der Waals surface area contributed by atoms with E-state index in [4.69, 9.17) is 0 Å². The zero-order valence-electron chi connectivity index (χ0n) is 15.2. The Kier molecular flexibility index (Phi) is 4.12. The van der Waals surface area contributed by atoms with Crippen LogP contribution in [0, 0.1) is 0 Å². The Labute approximate surface area is 161 Å². The number of nitrogens with one attached hydrogen (secondary N) is 2. The molecular weight excluding hydrogens is 352 g/mol. The van der Waals surface area contributed by atoms with E-state index in [1.165, 1.54) is 22.0 Å². The number of hydrogen-bond acceptors (Lipinski definition) is 4. The Morgan fingerprint density at radius 3 is 2.79 bits per heavy atom. The van der Waals surface area contributed by atoms with Crippen LogP contribution < -0.4 is 5.32 Å². The summed E-state index contributed by atoms with van der Waals surface area (Å²) in [7, 11) is 0. The molecule has 28 heavy (non-hydrogen) atoms. The van der Waals surface area contributed by atoms with Crippen molar-refractivity contribution in [1.29, 1.82) is 0 Å². The zero-order valence-corrected chi connectivity index (χ0v) is 15.2. The molecule has 4 aromatic rings. The second kappa shape index (κ2) is 6.92. The van der Waals surface area contributed by atoms with Crippen LogP contribution in [0.4, 0.5) is 0 Å². The van der Waals surface area contributed by atoms with Crippen molar-refractivity contribution in [2.24, 2.45) is 0 Å². The standard InChI is InChI=1S/C21H20N6O/c28-21(20(27-13-22-25-26-27)14-7-2-1-3-8-14)24-18-12-6-10-16-15-9-4-5-11-17(15)23-19(16)18/h1-5,7-9,11,13,18,20,23H,6,10,12H2,(H,24,28)/t18-,20+/m1/s1. The monoisotopic (exact) mass is 372 g/mol. The molecule has 2 N–H and O–H groups in total. The number of para-hydroxylation sites is 1. The number of rotatable bonds is 4. The number of aryl methyl sites for hydroxylation is 1. The van der Waals surface area contributed by atoms with Gasteiger partial charge in [-0.05, 0) is 46.9 Å². The molecule has 7 heteroatoms. The maximum Gasteiger partial charge on any atom is 0.250 e. The van der Waals surface area contributed by atoms with Gasteiger partial charge in [0.2, 0.25) is 5.91 Å². The lowest BCUT2D eigenvalue weighted by molar-refractivity contribution is -0.124. The molecule has 1 amide bonds. The molecule has 7 nitrogen and oxygen atoms in total. The fraction of sp³-hybridized carbons (Fsp3) is 0.238. The van der Waals surface area contributed by atoms with Crippen LogP contribution >= 0.6 is 0 Å². The van der Waals surface area contributed by atoms with Gasteiger partial charge in [0.25, 0.3) is 0 Å². The van der Waals surface area contributed by atoms with Gasteiger partial charge in [-0.15, -0.1) is 5.10 Å². The van der Waals surface area contributed by atoms with Gasteiger partial charge in [-0.1, -0.05) is 48.5 Å². The Balaban J connectivity index is 1.48. The molecule has 0 unspecified atom stereocenters. The summed E-state index contributed by atoms with van der Waals surface area (Å²) in [6, 6.07) is 17.2. The minimum Gasteiger partial charge on any atom is -0.356 e. The number of amides is 1. The van der Waals surface area contributed by atoms with Gasteiger partial charge in [-0.2, -0.15) is 0 Å². The lowest BCUT2D eigenvalue weighted by Crippen LogP contribution is -2.37. The highest BCUT2D eigenvalue weighted by Crippen LogP contribution is 2.35. The molecule has 1 aliphatic carbocycles. The topological polar surface area (TPSA) is 88.5 Å². The first-order chi connectivity index (χ1) is 13.8. The lowest BCUT2D eigenvalue weighted by atomic mass is 9.91. The average Bonchev–Trinajstić information content (AvgIpc) is 3.38. The molecule has 140 valence electrons. The molecule has 0 spiro atoms. The summed E-state index contributed by atoms with van der Waals surface area (Å²) in [6.07, 6.45) is 4.46. The first-order valence-electron chi connectivity index (χ1n) is 9.48.